The van der Waals surface area contributed by atoms with Crippen LogP contribution in [0, 0.1) is 6.92 Å². The van der Waals surface area contributed by atoms with Gasteiger partial charge in [0.05, 0.1) is 0 Å². The van der Waals surface area contributed by atoms with Crippen LogP contribution < -0.4 is 5.32 Å². The van der Waals surface area contributed by atoms with Crippen molar-refractivity contribution in [3.8, 4) is 0 Å². The number of thiophene rings is 1. The topological polar surface area (TPSA) is 12.0 Å². The van der Waals surface area contributed by atoms with Crippen molar-refractivity contribution in [3.63, 3.8) is 0 Å². The van der Waals surface area contributed by atoms with Crippen molar-refractivity contribution < 1.29 is 0 Å². The van der Waals surface area contributed by atoms with Gasteiger partial charge in [-0.25, -0.2) is 0 Å². The largest absolute Gasteiger partial charge is 0.316 e. The molecule has 0 saturated carbocycles. The second kappa shape index (κ2) is 3.58. The zero-order chi connectivity index (χ0) is 8.39. The highest BCUT2D eigenvalue weighted by molar-refractivity contribution is 7.10. The first kappa shape index (κ1) is 8.27. The van der Waals surface area contributed by atoms with E-state index in [1.54, 1.807) is 5.56 Å². The summed E-state index contributed by atoms with van der Waals surface area (Å²) in [4.78, 5) is 1.44. The van der Waals surface area contributed by atoms with Crippen molar-refractivity contribution in [1.82, 2.24) is 5.32 Å². The number of rotatable bonds is 1. The molecule has 0 aromatic carbocycles. The lowest BCUT2D eigenvalue weighted by molar-refractivity contribution is 0.462. The summed E-state index contributed by atoms with van der Waals surface area (Å²) in [5.74, 6) is 0.781. The summed E-state index contributed by atoms with van der Waals surface area (Å²) >= 11 is 1.87. The Morgan fingerprint density at radius 2 is 2.50 bits per heavy atom. The van der Waals surface area contributed by atoms with E-state index < -0.39 is 0 Å². The Hall–Kier alpha value is -0.340. The number of hydrogen-bond donors (Lipinski definition) is 1. The first-order valence-electron chi connectivity index (χ1n) is 4.62. The van der Waals surface area contributed by atoms with Gasteiger partial charge in [0.15, 0.2) is 0 Å². The van der Waals surface area contributed by atoms with Gasteiger partial charge < -0.3 is 5.32 Å². The van der Waals surface area contributed by atoms with E-state index in [-0.39, 0.29) is 0 Å². The monoisotopic (exact) mass is 181 g/mol. The summed E-state index contributed by atoms with van der Waals surface area (Å²) in [6.07, 6.45) is 2.70. The second-order valence-corrected chi connectivity index (χ2v) is 4.65. The van der Waals surface area contributed by atoms with Crippen LogP contribution in [0.2, 0.25) is 0 Å². The molecule has 0 radical (unpaired) electrons. The van der Waals surface area contributed by atoms with Gasteiger partial charge in [-0.2, -0.15) is 0 Å². The van der Waals surface area contributed by atoms with Gasteiger partial charge in [0, 0.05) is 11.4 Å². The third-order valence-electron chi connectivity index (χ3n) is 2.52. The van der Waals surface area contributed by atoms with Crippen LogP contribution in [-0.4, -0.2) is 13.1 Å². The molecular weight excluding hydrogens is 166 g/mol. The summed E-state index contributed by atoms with van der Waals surface area (Å²) in [5, 5.41) is 5.76. The maximum Gasteiger partial charge on any atom is 0.00204 e. The van der Waals surface area contributed by atoms with Crippen LogP contribution in [0.1, 0.15) is 29.2 Å². The lowest BCUT2D eigenvalue weighted by Crippen LogP contribution is -2.28. The van der Waals surface area contributed by atoms with E-state index in [1.165, 1.54) is 30.8 Å². The lowest BCUT2D eigenvalue weighted by Gasteiger charge is -2.21. The molecule has 1 atom stereocenters. The molecule has 2 heterocycles. The molecule has 1 fully saturated rings. The molecule has 1 aliphatic rings. The molecule has 1 N–H and O–H groups in total. The molecule has 12 heavy (non-hydrogen) atoms. The Morgan fingerprint density at radius 3 is 3.08 bits per heavy atom. The molecular formula is C10H15NS. The van der Waals surface area contributed by atoms with Crippen LogP contribution in [0.4, 0.5) is 0 Å². The highest BCUT2D eigenvalue weighted by Crippen LogP contribution is 2.26. The van der Waals surface area contributed by atoms with Crippen LogP contribution in [0.15, 0.2) is 11.4 Å². The van der Waals surface area contributed by atoms with Crippen molar-refractivity contribution in [2.45, 2.75) is 25.7 Å². The van der Waals surface area contributed by atoms with Crippen LogP contribution in [0.5, 0.6) is 0 Å². The highest BCUT2D eigenvalue weighted by Gasteiger charge is 2.15. The minimum Gasteiger partial charge on any atom is -0.316 e. The van der Waals surface area contributed by atoms with Gasteiger partial charge in [-0.3, -0.25) is 0 Å². The fourth-order valence-corrected chi connectivity index (χ4v) is 2.60. The van der Waals surface area contributed by atoms with Gasteiger partial charge in [0.1, 0.15) is 0 Å². The minimum absolute atomic E-state index is 0.781. The van der Waals surface area contributed by atoms with Crippen LogP contribution in [-0.2, 0) is 0 Å². The van der Waals surface area contributed by atoms with Crippen LogP contribution >= 0.6 is 11.3 Å². The smallest absolute Gasteiger partial charge is 0.00204 e. The zero-order valence-corrected chi connectivity index (χ0v) is 8.29. The molecule has 1 aromatic heterocycles. The molecule has 1 aliphatic heterocycles. The molecule has 0 aliphatic carbocycles. The fraction of sp³-hybridized carbons (Fsp3) is 0.600. The first-order chi connectivity index (χ1) is 5.86. The number of nitrogens with one attached hydrogen (secondary N) is 1. The standard InChI is InChI=1S/C10H15NS/c1-8-5-10(7-12-8)9-3-2-4-11-6-9/h5,7,9,11H,2-4,6H2,1H3. The van der Waals surface area contributed by atoms with E-state index in [4.69, 9.17) is 0 Å². The van der Waals surface area contributed by atoms with Gasteiger partial charge in [-0.1, -0.05) is 0 Å². The predicted molar refractivity (Wildman–Crippen MR) is 53.9 cm³/mol. The van der Waals surface area contributed by atoms with Crippen molar-refractivity contribution >= 4 is 11.3 Å². The summed E-state index contributed by atoms with van der Waals surface area (Å²) < 4.78 is 0. The molecule has 66 valence electrons. The third kappa shape index (κ3) is 1.70. The fourth-order valence-electron chi connectivity index (χ4n) is 1.81. The number of piperidine rings is 1. The quantitative estimate of drug-likeness (QED) is 0.702. The molecule has 0 bridgehead atoms. The Bertz CT molecular complexity index is 248. The first-order valence-corrected chi connectivity index (χ1v) is 5.50. The average molecular weight is 181 g/mol. The van der Waals surface area contributed by atoms with Gasteiger partial charge >= 0.3 is 0 Å². The number of hydrogen-bond acceptors (Lipinski definition) is 2. The van der Waals surface area contributed by atoms with E-state index in [9.17, 15) is 0 Å². The summed E-state index contributed by atoms with van der Waals surface area (Å²) in [6.45, 7) is 4.57. The maximum atomic E-state index is 3.45. The third-order valence-corrected chi connectivity index (χ3v) is 3.40. The van der Waals surface area contributed by atoms with Crippen LogP contribution in [0.25, 0.3) is 0 Å². The SMILES string of the molecule is Cc1cc(C2CCCNC2)cs1. The van der Waals surface area contributed by atoms with E-state index in [0.29, 0.717) is 0 Å². The Morgan fingerprint density at radius 1 is 1.58 bits per heavy atom. The van der Waals surface area contributed by atoms with Crippen molar-refractivity contribution in [2.75, 3.05) is 13.1 Å². The predicted octanol–water partition coefficient (Wildman–Crippen LogP) is 2.52. The molecule has 0 amide bonds. The van der Waals surface area contributed by atoms with Crippen molar-refractivity contribution in [1.29, 1.82) is 0 Å². The summed E-state index contributed by atoms with van der Waals surface area (Å²) in [6, 6.07) is 2.34. The number of aryl methyl sites for hydroxylation is 1. The zero-order valence-electron chi connectivity index (χ0n) is 7.47. The van der Waals surface area contributed by atoms with Crippen molar-refractivity contribution in [2.24, 2.45) is 0 Å². The molecule has 2 heteroatoms. The Labute approximate surface area is 77.8 Å². The molecule has 1 aromatic rings. The second-order valence-electron chi connectivity index (χ2n) is 3.53. The molecule has 1 unspecified atom stereocenters. The maximum absolute atomic E-state index is 3.45. The molecule has 1 saturated heterocycles. The Balaban J connectivity index is 2.08. The van der Waals surface area contributed by atoms with E-state index >= 15 is 0 Å². The normalized spacial score (nSPS) is 24.2. The molecule has 2 rings (SSSR count). The Kier molecular flexibility index (Phi) is 2.47. The van der Waals surface area contributed by atoms with Crippen LogP contribution in [0.3, 0.4) is 0 Å². The van der Waals surface area contributed by atoms with Gasteiger partial charge in [0.2, 0.25) is 0 Å². The molecule has 1 nitrogen and oxygen atoms in total. The lowest BCUT2D eigenvalue weighted by atomic mass is 9.94. The molecule has 0 spiro atoms. The van der Waals surface area contributed by atoms with Crippen molar-refractivity contribution in [3.05, 3.63) is 21.9 Å². The van der Waals surface area contributed by atoms with Gasteiger partial charge in [-0.15, -0.1) is 11.3 Å². The van der Waals surface area contributed by atoms with E-state index in [0.717, 1.165) is 5.92 Å². The van der Waals surface area contributed by atoms with E-state index in [1.807, 2.05) is 11.3 Å². The highest BCUT2D eigenvalue weighted by atomic mass is 32.1. The van der Waals surface area contributed by atoms with Gasteiger partial charge in [0.25, 0.3) is 0 Å². The summed E-state index contributed by atoms with van der Waals surface area (Å²) in [7, 11) is 0. The van der Waals surface area contributed by atoms with Gasteiger partial charge in [-0.05, 0) is 49.2 Å². The average Bonchev–Trinajstić information content (AvgIpc) is 2.54. The summed E-state index contributed by atoms with van der Waals surface area (Å²) in [5.41, 5.74) is 1.55. The van der Waals surface area contributed by atoms with E-state index in [2.05, 4.69) is 23.7 Å². The minimum atomic E-state index is 0.781.